The van der Waals surface area contributed by atoms with E-state index in [9.17, 15) is 9.59 Å². The molecule has 0 spiro atoms. The lowest BCUT2D eigenvalue weighted by Crippen LogP contribution is -2.32. The molecule has 0 aliphatic rings. The van der Waals surface area contributed by atoms with Crippen molar-refractivity contribution in [1.82, 2.24) is 15.1 Å². The highest BCUT2D eigenvalue weighted by Crippen LogP contribution is 2.14. The van der Waals surface area contributed by atoms with Gasteiger partial charge in [-0.2, -0.15) is 5.10 Å². The van der Waals surface area contributed by atoms with Crippen LogP contribution in [0.15, 0.2) is 0 Å². The number of rotatable bonds is 7. The van der Waals surface area contributed by atoms with Gasteiger partial charge in [-0.05, 0) is 13.8 Å². The second-order valence-electron chi connectivity index (χ2n) is 4.11. The van der Waals surface area contributed by atoms with Gasteiger partial charge in [0.05, 0.1) is 23.7 Å². The van der Waals surface area contributed by atoms with Gasteiger partial charge in [-0.3, -0.25) is 14.3 Å². The van der Waals surface area contributed by atoms with Crippen molar-refractivity contribution in [2.75, 3.05) is 25.5 Å². The molecule has 0 aliphatic carbocycles. The van der Waals surface area contributed by atoms with E-state index in [0.717, 1.165) is 5.69 Å². The van der Waals surface area contributed by atoms with Crippen LogP contribution in [0.5, 0.6) is 0 Å². The number of carbonyl (C=O) groups excluding carboxylic acids is 2. The summed E-state index contributed by atoms with van der Waals surface area (Å²) in [7, 11) is 0. The van der Waals surface area contributed by atoms with Crippen LogP contribution in [0.3, 0.4) is 0 Å². The molecule has 0 fully saturated rings. The molecule has 8 nitrogen and oxygen atoms in total. The molecule has 1 aromatic heterocycles. The van der Waals surface area contributed by atoms with Crippen molar-refractivity contribution in [1.29, 1.82) is 0 Å². The predicted molar refractivity (Wildman–Crippen MR) is 69.1 cm³/mol. The Hall–Kier alpha value is -2.09. The molecule has 1 heterocycles. The van der Waals surface area contributed by atoms with Gasteiger partial charge in [0.15, 0.2) is 0 Å². The van der Waals surface area contributed by atoms with E-state index in [0.29, 0.717) is 17.9 Å². The molecule has 2 amide bonds. The molecule has 0 atom stereocenters. The molecular formula is C11H19N5O3. The number of aryl methyl sites for hydroxylation is 1. The first-order valence-electron chi connectivity index (χ1n) is 5.84. The van der Waals surface area contributed by atoms with E-state index < -0.39 is 5.91 Å². The van der Waals surface area contributed by atoms with E-state index in [2.05, 4.69) is 10.4 Å². The molecule has 106 valence electrons. The quantitative estimate of drug-likeness (QED) is 0.530. The Morgan fingerprint density at radius 3 is 2.63 bits per heavy atom. The molecule has 0 aromatic carbocycles. The van der Waals surface area contributed by atoms with Gasteiger partial charge < -0.3 is 21.5 Å². The number of carbonyl (C=O) groups is 2. The maximum atomic E-state index is 11.6. The monoisotopic (exact) mass is 269 g/mol. The number of amides is 2. The average Bonchev–Trinajstić information content (AvgIpc) is 2.56. The van der Waals surface area contributed by atoms with Crippen molar-refractivity contribution in [3.8, 4) is 0 Å². The number of ether oxygens (including phenoxy) is 1. The number of hydrogen-bond acceptors (Lipinski definition) is 5. The van der Waals surface area contributed by atoms with Crippen molar-refractivity contribution in [2.24, 2.45) is 5.73 Å². The first-order chi connectivity index (χ1) is 8.91. The summed E-state index contributed by atoms with van der Waals surface area (Å²) in [6.45, 7) is 4.07. The van der Waals surface area contributed by atoms with Crippen LogP contribution in [0.4, 0.5) is 5.69 Å². The van der Waals surface area contributed by atoms with Gasteiger partial charge >= 0.3 is 0 Å². The fourth-order valence-electron chi connectivity index (χ4n) is 1.49. The second-order valence-corrected chi connectivity index (χ2v) is 4.11. The van der Waals surface area contributed by atoms with E-state index >= 15 is 0 Å². The van der Waals surface area contributed by atoms with Crippen LogP contribution in [0.1, 0.15) is 11.4 Å². The first kappa shape index (κ1) is 15.0. The van der Waals surface area contributed by atoms with Crippen molar-refractivity contribution < 1.29 is 14.3 Å². The summed E-state index contributed by atoms with van der Waals surface area (Å²) >= 11 is 0. The fraction of sp³-hybridized carbons (Fsp3) is 0.545. The van der Waals surface area contributed by atoms with E-state index in [1.807, 2.05) is 0 Å². The van der Waals surface area contributed by atoms with Gasteiger partial charge in [0.1, 0.15) is 13.2 Å². The van der Waals surface area contributed by atoms with Gasteiger partial charge in [-0.25, -0.2) is 0 Å². The normalized spacial score (nSPS) is 10.4. The van der Waals surface area contributed by atoms with Crippen molar-refractivity contribution in [2.45, 2.75) is 20.4 Å². The summed E-state index contributed by atoms with van der Waals surface area (Å²) in [4.78, 5) is 22.0. The van der Waals surface area contributed by atoms with Gasteiger partial charge in [0, 0.05) is 6.54 Å². The number of aromatic nitrogens is 2. The third kappa shape index (κ3) is 4.59. The lowest BCUT2D eigenvalue weighted by Gasteiger charge is -2.07. The highest BCUT2D eigenvalue weighted by atomic mass is 16.5. The molecule has 0 bridgehead atoms. The molecule has 19 heavy (non-hydrogen) atoms. The number of anilines is 1. The number of nitrogen functional groups attached to an aromatic ring is 1. The smallest absolute Gasteiger partial charge is 0.243 e. The molecule has 0 aliphatic heterocycles. The Balaban J connectivity index is 2.31. The van der Waals surface area contributed by atoms with Crippen LogP contribution in [0, 0.1) is 13.8 Å². The molecule has 0 saturated carbocycles. The van der Waals surface area contributed by atoms with Crippen LogP contribution in [-0.2, 0) is 20.9 Å². The number of hydrogen-bond donors (Lipinski definition) is 3. The SMILES string of the molecule is Cc1nn(CC(=O)NCCOCC(N)=O)c(C)c1N. The van der Waals surface area contributed by atoms with Crippen LogP contribution in [0.2, 0.25) is 0 Å². The zero-order valence-corrected chi connectivity index (χ0v) is 11.1. The van der Waals surface area contributed by atoms with Crippen LogP contribution >= 0.6 is 0 Å². The van der Waals surface area contributed by atoms with Crippen LogP contribution in [-0.4, -0.2) is 41.4 Å². The number of nitrogens with zero attached hydrogens (tertiary/aromatic N) is 2. The van der Waals surface area contributed by atoms with Gasteiger partial charge in [-0.15, -0.1) is 0 Å². The van der Waals surface area contributed by atoms with Crippen molar-refractivity contribution in [3.05, 3.63) is 11.4 Å². The molecule has 5 N–H and O–H groups in total. The Morgan fingerprint density at radius 1 is 1.42 bits per heavy atom. The molecular weight excluding hydrogens is 250 g/mol. The van der Waals surface area contributed by atoms with E-state index in [1.54, 1.807) is 18.5 Å². The minimum atomic E-state index is -0.538. The van der Waals surface area contributed by atoms with E-state index in [-0.39, 0.29) is 25.7 Å². The summed E-state index contributed by atoms with van der Waals surface area (Å²) in [6, 6.07) is 0. The van der Waals surface area contributed by atoms with E-state index in [1.165, 1.54) is 0 Å². The molecule has 0 radical (unpaired) electrons. The Bertz CT molecular complexity index is 469. The van der Waals surface area contributed by atoms with Crippen LogP contribution in [0.25, 0.3) is 0 Å². The molecule has 0 saturated heterocycles. The lowest BCUT2D eigenvalue weighted by atomic mass is 10.3. The van der Waals surface area contributed by atoms with Crippen molar-refractivity contribution in [3.63, 3.8) is 0 Å². The predicted octanol–water partition coefficient (Wildman–Crippen LogP) is -1.30. The minimum Gasteiger partial charge on any atom is -0.396 e. The van der Waals surface area contributed by atoms with E-state index in [4.69, 9.17) is 16.2 Å². The maximum absolute atomic E-state index is 11.6. The van der Waals surface area contributed by atoms with Gasteiger partial charge in [-0.1, -0.05) is 0 Å². The zero-order valence-electron chi connectivity index (χ0n) is 11.1. The lowest BCUT2D eigenvalue weighted by molar-refractivity contribution is -0.123. The minimum absolute atomic E-state index is 0.0969. The fourth-order valence-corrected chi connectivity index (χ4v) is 1.49. The third-order valence-corrected chi connectivity index (χ3v) is 2.54. The summed E-state index contributed by atoms with van der Waals surface area (Å²) in [6.07, 6.45) is 0. The Labute approximate surface area is 111 Å². The second kappa shape index (κ2) is 6.74. The standard InChI is InChI=1S/C11H19N5O3/c1-7-11(13)8(2)16(15-7)5-10(18)14-3-4-19-6-9(12)17/h3-6,13H2,1-2H3,(H2,12,17)(H,14,18). The maximum Gasteiger partial charge on any atom is 0.243 e. The average molecular weight is 269 g/mol. The van der Waals surface area contributed by atoms with Gasteiger partial charge in [0.2, 0.25) is 11.8 Å². The van der Waals surface area contributed by atoms with Gasteiger partial charge in [0.25, 0.3) is 0 Å². The largest absolute Gasteiger partial charge is 0.396 e. The molecule has 1 aromatic rings. The number of nitrogens with one attached hydrogen (secondary N) is 1. The molecule has 1 rings (SSSR count). The number of nitrogens with two attached hydrogens (primary N) is 2. The van der Waals surface area contributed by atoms with Crippen molar-refractivity contribution >= 4 is 17.5 Å². The Morgan fingerprint density at radius 2 is 2.11 bits per heavy atom. The highest BCUT2D eigenvalue weighted by Gasteiger charge is 2.10. The summed E-state index contributed by atoms with van der Waals surface area (Å²) in [5.41, 5.74) is 12.7. The Kier molecular flexibility index (Phi) is 5.31. The topological polar surface area (TPSA) is 125 Å². The summed E-state index contributed by atoms with van der Waals surface area (Å²) in [5, 5.41) is 6.80. The highest BCUT2D eigenvalue weighted by molar-refractivity contribution is 5.76. The first-order valence-corrected chi connectivity index (χ1v) is 5.84. The molecule has 0 unspecified atom stereocenters. The third-order valence-electron chi connectivity index (χ3n) is 2.54. The summed E-state index contributed by atoms with van der Waals surface area (Å²) in [5.74, 6) is -0.738. The summed E-state index contributed by atoms with van der Waals surface area (Å²) < 4.78 is 6.46. The van der Waals surface area contributed by atoms with Crippen LogP contribution < -0.4 is 16.8 Å². The zero-order chi connectivity index (χ0) is 14.4. The number of primary amides is 1. The molecule has 8 heteroatoms.